The highest BCUT2D eigenvalue weighted by Gasteiger charge is 2.45. The van der Waals surface area contributed by atoms with Gasteiger partial charge in [0.1, 0.15) is 29.9 Å². The Labute approximate surface area is 158 Å². The summed E-state index contributed by atoms with van der Waals surface area (Å²) in [5.41, 5.74) is -0.549. The maximum atomic E-state index is 10.2. The molecular weight excluding hydrogens is 362 g/mol. The van der Waals surface area contributed by atoms with Crippen LogP contribution in [-0.4, -0.2) is 86.6 Å². The van der Waals surface area contributed by atoms with E-state index in [1.54, 1.807) is 0 Å². The molecule has 2 rings (SSSR count). The third-order valence-electron chi connectivity index (χ3n) is 5.53. The Hall–Kier alpha value is 0.0300. The van der Waals surface area contributed by atoms with Crippen LogP contribution in [0.2, 0.25) is 0 Å². The van der Waals surface area contributed by atoms with E-state index in [1.165, 1.54) is 11.8 Å². The van der Waals surface area contributed by atoms with Crippen molar-refractivity contribution in [3.8, 4) is 0 Å². The van der Waals surface area contributed by atoms with Crippen LogP contribution in [0.5, 0.6) is 0 Å². The van der Waals surface area contributed by atoms with Crippen molar-refractivity contribution in [3.05, 3.63) is 0 Å². The Balaban J connectivity index is 1.92. The number of hydrogen-bond donors (Lipinski definition) is 6. The standard InChI is InChI=1S/C17H33NO7S/c1-17(2)5-4-10(8-12(17)18-6-3-7-24-23)26-16-15(22)14(21)13(20)11(9-19)25-16/h10-16,18-23H,3-9H2,1-2H3/t10?,11?,12?,13-,14?,15?,16-/m0/s1. The van der Waals surface area contributed by atoms with Crippen LogP contribution in [-0.2, 0) is 9.62 Å². The predicted molar refractivity (Wildman–Crippen MR) is 97.8 cm³/mol. The molecule has 8 nitrogen and oxygen atoms in total. The van der Waals surface area contributed by atoms with Gasteiger partial charge in [-0.3, -0.25) is 5.26 Å². The zero-order chi connectivity index (χ0) is 19.3. The topological polar surface area (TPSA) is 132 Å². The average Bonchev–Trinajstić information content (AvgIpc) is 2.61. The molecule has 1 aliphatic heterocycles. The minimum atomic E-state index is -1.33. The van der Waals surface area contributed by atoms with Crippen LogP contribution in [0.3, 0.4) is 0 Å². The fourth-order valence-electron chi connectivity index (χ4n) is 3.67. The number of ether oxygens (including phenoxy) is 1. The van der Waals surface area contributed by atoms with Crippen molar-refractivity contribution < 1.29 is 35.3 Å². The number of aliphatic hydroxyl groups is 4. The summed E-state index contributed by atoms with van der Waals surface area (Å²) in [5, 5.41) is 51.6. The van der Waals surface area contributed by atoms with Crippen LogP contribution in [0.25, 0.3) is 0 Å². The van der Waals surface area contributed by atoms with Crippen molar-refractivity contribution in [2.24, 2.45) is 5.41 Å². The fraction of sp³-hybridized carbons (Fsp3) is 1.00. The van der Waals surface area contributed by atoms with E-state index < -0.39 is 36.5 Å². The molecule has 1 heterocycles. The van der Waals surface area contributed by atoms with E-state index in [4.69, 9.17) is 9.99 Å². The highest BCUT2D eigenvalue weighted by atomic mass is 32.2. The van der Waals surface area contributed by atoms with Crippen molar-refractivity contribution in [1.82, 2.24) is 5.32 Å². The molecule has 7 atom stereocenters. The Morgan fingerprint density at radius 1 is 1.19 bits per heavy atom. The molecule has 0 aromatic carbocycles. The SMILES string of the molecule is CC1(C)CCC(S[C@@H]2OC(CO)[C@H](O)C(O)C2O)CC1NCCCOO. The summed E-state index contributed by atoms with van der Waals surface area (Å²) < 4.78 is 5.62. The average molecular weight is 396 g/mol. The van der Waals surface area contributed by atoms with E-state index in [9.17, 15) is 20.4 Å². The molecule has 0 spiro atoms. The number of thioether (sulfide) groups is 1. The molecule has 0 aromatic rings. The summed E-state index contributed by atoms with van der Waals surface area (Å²) in [7, 11) is 0. The molecular formula is C17H33NO7S. The quantitative estimate of drug-likeness (QED) is 0.190. The van der Waals surface area contributed by atoms with E-state index in [1.807, 2.05) is 0 Å². The monoisotopic (exact) mass is 395 g/mol. The van der Waals surface area contributed by atoms with Crippen LogP contribution in [0, 0.1) is 5.41 Å². The first kappa shape index (κ1) is 22.3. The molecule has 2 aliphatic rings. The summed E-state index contributed by atoms with van der Waals surface area (Å²) in [6, 6.07) is 0.275. The summed E-state index contributed by atoms with van der Waals surface area (Å²) >= 11 is 1.46. The summed E-state index contributed by atoms with van der Waals surface area (Å²) in [5.74, 6) is 0. The smallest absolute Gasteiger partial charge is 0.132 e. The molecule has 0 aromatic heterocycles. The predicted octanol–water partition coefficient (Wildman–Crippen LogP) is -0.0639. The largest absolute Gasteiger partial charge is 0.394 e. The van der Waals surface area contributed by atoms with Crippen LogP contribution in [0.4, 0.5) is 0 Å². The van der Waals surface area contributed by atoms with E-state index in [-0.39, 0.29) is 16.7 Å². The van der Waals surface area contributed by atoms with Gasteiger partial charge in [0.25, 0.3) is 0 Å². The number of aliphatic hydroxyl groups excluding tert-OH is 4. The van der Waals surface area contributed by atoms with Crippen LogP contribution < -0.4 is 5.32 Å². The first-order valence-corrected chi connectivity index (χ1v) is 10.2. The molecule has 2 fully saturated rings. The Kier molecular flexibility index (Phi) is 8.58. The molecule has 1 saturated carbocycles. The third-order valence-corrected chi connectivity index (χ3v) is 7.00. The number of rotatable bonds is 8. The maximum Gasteiger partial charge on any atom is 0.132 e. The fourth-order valence-corrected chi connectivity index (χ4v) is 5.14. The molecule has 0 bridgehead atoms. The Bertz CT molecular complexity index is 426. The van der Waals surface area contributed by atoms with Gasteiger partial charge in [-0.05, 0) is 37.6 Å². The van der Waals surface area contributed by atoms with Gasteiger partial charge in [0.05, 0.1) is 13.2 Å². The highest BCUT2D eigenvalue weighted by Crippen LogP contribution is 2.43. The second kappa shape index (κ2) is 9.99. The van der Waals surface area contributed by atoms with Gasteiger partial charge in [-0.25, -0.2) is 4.89 Å². The molecule has 1 saturated heterocycles. The summed E-state index contributed by atoms with van der Waals surface area (Å²) in [4.78, 5) is 4.10. The summed E-state index contributed by atoms with van der Waals surface area (Å²) in [6.45, 7) is 5.08. The summed E-state index contributed by atoms with van der Waals surface area (Å²) in [6.07, 6.45) is -1.13. The van der Waals surface area contributed by atoms with E-state index in [2.05, 4.69) is 24.1 Å². The van der Waals surface area contributed by atoms with Crippen LogP contribution in [0.1, 0.15) is 39.5 Å². The van der Waals surface area contributed by atoms with Gasteiger partial charge in [0.2, 0.25) is 0 Å². The minimum Gasteiger partial charge on any atom is -0.394 e. The van der Waals surface area contributed by atoms with Gasteiger partial charge in [0.15, 0.2) is 0 Å². The van der Waals surface area contributed by atoms with E-state index >= 15 is 0 Å². The Morgan fingerprint density at radius 3 is 2.58 bits per heavy atom. The van der Waals surface area contributed by atoms with Crippen molar-refractivity contribution in [3.63, 3.8) is 0 Å². The Morgan fingerprint density at radius 2 is 1.92 bits per heavy atom. The lowest BCUT2D eigenvalue weighted by atomic mass is 9.73. The maximum absolute atomic E-state index is 10.2. The zero-order valence-corrected chi connectivity index (χ0v) is 16.3. The second-order valence-electron chi connectivity index (χ2n) is 7.91. The van der Waals surface area contributed by atoms with Gasteiger partial charge in [-0.1, -0.05) is 13.8 Å². The van der Waals surface area contributed by atoms with Crippen LogP contribution in [0.15, 0.2) is 0 Å². The molecule has 0 amide bonds. The van der Waals surface area contributed by atoms with Crippen LogP contribution >= 0.6 is 11.8 Å². The second-order valence-corrected chi connectivity index (χ2v) is 9.32. The van der Waals surface area contributed by atoms with Crippen molar-refractivity contribution in [2.45, 2.75) is 80.7 Å². The molecule has 1 aliphatic carbocycles. The molecule has 5 unspecified atom stereocenters. The first-order chi connectivity index (χ1) is 12.3. The normalized spacial score (nSPS) is 40.5. The molecule has 0 radical (unpaired) electrons. The zero-order valence-electron chi connectivity index (χ0n) is 15.5. The van der Waals surface area contributed by atoms with Gasteiger partial charge < -0.3 is 30.5 Å². The molecule has 26 heavy (non-hydrogen) atoms. The lowest BCUT2D eigenvalue weighted by Crippen LogP contribution is -2.58. The third kappa shape index (κ3) is 5.52. The van der Waals surface area contributed by atoms with E-state index in [0.717, 1.165) is 25.8 Å². The highest BCUT2D eigenvalue weighted by molar-refractivity contribution is 8.00. The first-order valence-electron chi connectivity index (χ1n) is 9.26. The number of nitrogens with one attached hydrogen (secondary N) is 1. The van der Waals surface area contributed by atoms with Gasteiger partial charge in [-0.15, -0.1) is 11.8 Å². The molecule has 9 heteroatoms. The van der Waals surface area contributed by atoms with Crippen molar-refractivity contribution >= 4 is 11.8 Å². The minimum absolute atomic E-state index is 0.131. The lowest BCUT2D eigenvalue weighted by molar-refractivity contribution is -0.242. The van der Waals surface area contributed by atoms with Crippen molar-refractivity contribution in [2.75, 3.05) is 19.8 Å². The van der Waals surface area contributed by atoms with Crippen molar-refractivity contribution in [1.29, 1.82) is 0 Å². The van der Waals surface area contributed by atoms with E-state index in [0.29, 0.717) is 13.0 Å². The van der Waals surface area contributed by atoms with Gasteiger partial charge in [-0.2, -0.15) is 0 Å². The van der Waals surface area contributed by atoms with Gasteiger partial charge in [0, 0.05) is 11.3 Å². The lowest BCUT2D eigenvalue weighted by Gasteiger charge is -2.45. The molecule has 154 valence electrons. The van der Waals surface area contributed by atoms with Gasteiger partial charge >= 0.3 is 0 Å². The number of hydrogen-bond acceptors (Lipinski definition) is 9. The molecule has 6 N–H and O–H groups in total.